The number of rotatable bonds is 7. The Labute approximate surface area is 150 Å². The fourth-order valence-corrected chi connectivity index (χ4v) is 3.80. The van der Waals surface area contributed by atoms with Gasteiger partial charge >= 0.3 is 5.97 Å². The van der Waals surface area contributed by atoms with E-state index in [1.54, 1.807) is 12.1 Å². The van der Waals surface area contributed by atoms with Crippen LogP contribution in [0.25, 0.3) is 0 Å². The second-order valence-electron chi connectivity index (χ2n) is 7.68. The van der Waals surface area contributed by atoms with Crippen LogP contribution >= 0.6 is 11.8 Å². The molecule has 1 aromatic carbocycles. The van der Waals surface area contributed by atoms with E-state index in [2.05, 4.69) is 40.4 Å². The van der Waals surface area contributed by atoms with Gasteiger partial charge in [0, 0.05) is 5.75 Å². The molecule has 1 unspecified atom stereocenters. The first-order valence-corrected chi connectivity index (χ1v) is 12.4. The van der Waals surface area contributed by atoms with Crippen LogP contribution in [-0.4, -0.2) is 32.8 Å². The van der Waals surface area contributed by atoms with Gasteiger partial charge in [-0.2, -0.15) is 5.26 Å². The maximum Gasteiger partial charge on any atom is 0.338 e. The molecular weight excluding hydrogens is 338 g/mol. The molecule has 1 aromatic rings. The second-order valence-corrected chi connectivity index (χ2v) is 12.9. The summed E-state index contributed by atoms with van der Waals surface area (Å²) in [7, 11) is -1.76. The highest BCUT2D eigenvalue weighted by Gasteiger charge is 2.23. The summed E-state index contributed by atoms with van der Waals surface area (Å²) in [5, 5.41) is 10.8. The van der Waals surface area contributed by atoms with Gasteiger partial charge in [0.25, 0.3) is 0 Å². The van der Waals surface area contributed by atoms with E-state index >= 15 is 0 Å². The zero-order valence-corrected chi connectivity index (χ0v) is 17.2. The lowest BCUT2D eigenvalue weighted by atomic mass is 9.87. The van der Waals surface area contributed by atoms with Crippen LogP contribution in [0.2, 0.25) is 19.6 Å². The predicted octanol–water partition coefficient (Wildman–Crippen LogP) is 4.58. The molecule has 0 aliphatic carbocycles. The van der Waals surface area contributed by atoms with E-state index in [-0.39, 0.29) is 24.1 Å². The SMILES string of the molecule is CC(C)(C)c1ccc(C(=O)OCC(CSC#N)O[Si](C)(C)C)cc1. The van der Waals surface area contributed by atoms with Crippen molar-refractivity contribution in [1.82, 2.24) is 0 Å². The summed E-state index contributed by atoms with van der Waals surface area (Å²) in [4.78, 5) is 12.2. The fourth-order valence-electron chi connectivity index (χ4n) is 2.10. The Hall–Kier alpha value is -1.29. The van der Waals surface area contributed by atoms with Gasteiger partial charge in [-0.25, -0.2) is 4.79 Å². The van der Waals surface area contributed by atoms with E-state index in [9.17, 15) is 4.79 Å². The second kappa shape index (κ2) is 8.70. The summed E-state index contributed by atoms with van der Waals surface area (Å²) in [6.07, 6.45) is -0.251. The third kappa shape index (κ3) is 7.52. The summed E-state index contributed by atoms with van der Waals surface area (Å²) in [5.74, 6) is 0.137. The molecule has 0 heterocycles. The first-order valence-electron chi connectivity index (χ1n) is 7.99. The molecule has 0 bridgehead atoms. The smallest absolute Gasteiger partial charge is 0.338 e. The average molecular weight is 366 g/mol. The summed E-state index contributed by atoms with van der Waals surface area (Å²) >= 11 is 1.12. The fraction of sp³-hybridized carbons (Fsp3) is 0.556. The van der Waals surface area contributed by atoms with Crippen LogP contribution in [0.4, 0.5) is 0 Å². The van der Waals surface area contributed by atoms with Crippen LogP contribution in [0.15, 0.2) is 24.3 Å². The number of benzene rings is 1. The van der Waals surface area contributed by atoms with E-state index in [1.807, 2.05) is 17.5 Å². The maximum atomic E-state index is 12.2. The minimum Gasteiger partial charge on any atom is -0.459 e. The van der Waals surface area contributed by atoms with Crippen LogP contribution in [0, 0.1) is 10.7 Å². The molecule has 1 rings (SSSR count). The number of hydrogen-bond acceptors (Lipinski definition) is 5. The Balaban J connectivity index is 2.66. The Morgan fingerprint density at radius 2 is 1.83 bits per heavy atom. The number of ether oxygens (including phenoxy) is 1. The average Bonchev–Trinajstić information content (AvgIpc) is 2.47. The molecule has 0 spiro atoms. The summed E-state index contributed by atoms with van der Waals surface area (Å²) in [6.45, 7) is 12.8. The van der Waals surface area contributed by atoms with Crippen LogP contribution < -0.4 is 0 Å². The maximum absolute atomic E-state index is 12.2. The van der Waals surface area contributed by atoms with Crippen molar-refractivity contribution in [3.05, 3.63) is 35.4 Å². The van der Waals surface area contributed by atoms with Gasteiger partial charge in [-0.3, -0.25) is 0 Å². The molecule has 0 radical (unpaired) electrons. The van der Waals surface area contributed by atoms with Gasteiger partial charge in [0.1, 0.15) is 12.0 Å². The number of nitrogens with zero attached hydrogens (tertiary/aromatic N) is 1. The van der Waals surface area contributed by atoms with Crippen molar-refractivity contribution in [3.63, 3.8) is 0 Å². The van der Waals surface area contributed by atoms with Gasteiger partial charge in [0.15, 0.2) is 8.32 Å². The van der Waals surface area contributed by atoms with Crippen molar-refractivity contribution in [3.8, 4) is 5.40 Å². The molecule has 4 nitrogen and oxygen atoms in total. The molecule has 0 aromatic heterocycles. The monoisotopic (exact) mass is 365 g/mol. The molecule has 1 atom stereocenters. The predicted molar refractivity (Wildman–Crippen MR) is 102 cm³/mol. The molecule has 0 fully saturated rings. The normalized spacial score (nSPS) is 13.2. The molecule has 0 saturated heterocycles. The minimum absolute atomic E-state index is 0.0488. The van der Waals surface area contributed by atoms with E-state index < -0.39 is 8.32 Å². The molecule has 0 saturated carbocycles. The Morgan fingerprint density at radius 3 is 2.29 bits per heavy atom. The number of thioether (sulfide) groups is 1. The quantitative estimate of drug-likeness (QED) is 0.402. The van der Waals surface area contributed by atoms with Crippen LogP contribution in [0.5, 0.6) is 0 Å². The number of carbonyl (C=O) groups is 1. The highest BCUT2D eigenvalue weighted by molar-refractivity contribution is 8.03. The summed E-state index contributed by atoms with van der Waals surface area (Å²) in [6, 6.07) is 7.50. The number of carbonyl (C=O) groups excluding carboxylic acids is 1. The van der Waals surface area contributed by atoms with Gasteiger partial charge in [-0.15, -0.1) is 0 Å². The van der Waals surface area contributed by atoms with E-state index in [0.717, 1.165) is 11.8 Å². The molecule has 0 amide bonds. The molecule has 0 aliphatic heterocycles. The summed E-state index contributed by atoms with van der Waals surface area (Å²) < 4.78 is 11.4. The zero-order valence-electron chi connectivity index (χ0n) is 15.4. The van der Waals surface area contributed by atoms with Crippen LogP contribution in [0.1, 0.15) is 36.7 Å². The Kier molecular flexibility index (Phi) is 7.52. The third-order valence-electron chi connectivity index (χ3n) is 3.24. The highest BCUT2D eigenvalue weighted by Crippen LogP contribution is 2.22. The lowest BCUT2D eigenvalue weighted by molar-refractivity contribution is 0.0336. The van der Waals surface area contributed by atoms with Crippen molar-refractivity contribution < 1.29 is 14.0 Å². The zero-order chi connectivity index (χ0) is 18.4. The van der Waals surface area contributed by atoms with Gasteiger partial charge in [0.05, 0.1) is 11.7 Å². The molecule has 132 valence electrons. The summed E-state index contributed by atoms with van der Waals surface area (Å²) in [5.41, 5.74) is 1.75. The largest absolute Gasteiger partial charge is 0.459 e. The molecular formula is C18H27NO3SSi. The number of hydrogen-bond donors (Lipinski definition) is 0. The molecule has 24 heavy (non-hydrogen) atoms. The number of esters is 1. The van der Waals surface area contributed by atoms with Crippen molar-refractivity contribution in [2.24, 2.45) is 0 Å². The first kappa shape index (κ1) is 20.8. The van der Waals surface area contributed by atoms with Crippen LogP contribution in [0.3, 0.4) is 0 Å². The first-order chi connectivity index (χ1) is 11.0. The van der Waals surface area contributed by atoms with Gasteiger partial charge in [-0.05, 0) is 54.5 Å². The van der Waals surface area contributed by atoms with E-state index in [1.165, 1.54) is 5.56 Å². The molecule has 0 aliphatic rings. The van der Waals surface area contributed by atoms with Crippen molar-refractivity contribution in [1.29, 1.82) is 5.26 Å². The molecule has 6 heteroatoms. The molecule has 0 N–H and O–H groups in total. The van der Waals surface area contributed by atoms with Gasteiger partial charge < -0.3 is 9.16 Å². The van der Waals surface area contributed by atoms with Gasteiger partial charge in [-0.1, -0.05) is 32.9 Å². The number of nitriles is 1. The van der Waals surface area contributed by atoms with E-state index in [0.29, 0.717) is 11.3 Å². The lowest BCUT2D eigenvalue weighted by Gasteiger charge is -2.25. The van der Waals surface area contributed by atoms with Crippen molar-refractivity contribution in [2.75, 3.05) is 12.4 Å². The van der Waals surface area contributed by atoms with Crippen molar-refractivity contribution >= 4 is 26.0 Å². The topological polar surface area (TPSA) is 59.3 Å². The van der Waals surface area contributed by atoms with Crippen molar-refractivity contribution in [2.45, 2.75) is 51.9 Å². The number of thiocyanates is 1. The Bertz CT molecular complexity index is 582. The van der Waals surface area contributed by atoms with Gasteiger partial charge in [0.2, 0.25) is 0 Å². The standard InChI is InChI=1S/C18H27NO3SSi/c1-18(2,3)15-9-7-14(8-10-15)17(20)21-11-16(12-23-13-19)22-24(4,5)6/h7-10,16H,11-12H2,1-6H3. The minimum atomic E-state index is -1.76. The Morgan fingerprint density at radius 1 is 1.25 bits per heavy atom. The highest BCUT2D eigenvalue weighted by atomic mass is 32.2. The third-order valence-corrected chi connectivity index (χ3v) is 4.95. The lowest BCUT2D eigenvalue weighted by Crippen LogP contribution is -2.36. The van der Waals surface area contributed by atoms with Crippen LogP contribution in [-0.2, 0) is 14.6 Å². The van der Waals surface area contributed by atoms with E-state index in [4.69, 9.17) is 14.4 Å².